The molecule has 1 aromatic heterocycles. The number of alkyl halides is 3. The number of halogens is 4. The lowest BCUT2D eigenvalue weighted by Crippen LogP contribution is -2.37. The van der Waals surface area contributed by atoms with Gasteiger partial charge in [-0.25, -0.2) is 4.98 Å². The number of hydrogen-bond donors (Lipinski definition) is 1. The molecule has 1 saturated heterocycles. The van der Waals surface area contributed by atoms with E-state index in [0.717, 1.165) is 23.6 Å². The van der Waals surface area contributed by atoms with Gasteiger partial charge in [0.25, 0.3) is 11.8 Å². The molecule has 2 rings (SSSR count). The van der Waals surface area contributed by atoms with Crippen LogP contribution in [-0.2, 0) is 20.5 Å². The summed E-state index contributed by atoms with van der Waals surface area (Å²) in [6.07, 6.45) is -3.85. The molecule has 6 nitrogen and oxygen atoms in total. The van der Waals surface area contributed by atoms with Crippen LogP contribution < -0.4 is 5.43 Å². The standard InChI is InChI=1S/C18H23ClF3N3O3/c1-10-11(9-28-8-7-17(2,3)4)16(27)25(15(10)26)24-13-6-5-12(14(19)23-13)18(20,21)22/h5-6,10-11H,7-9H2,1-4H3,(H,23,24). The fourth-order valence-electron chi connectivity index (χ4n) is 2.60. The number of ether oxygens (including phenoxy) is 1. The van der Waals surface area contributed by atoms with Gasteiger partial charge in [-0.1, -0.05) is 39.3 Å². The Balaban J connectivity index is 2.04. The summed E-state index contributed by atoms with van der Waals surface area (Å²) in [6.45, 7) is 8.34. The Labute approximate surface area is 166 Å². The van der Waals surface area contributed by atoms with Crippen LogP contribution in [0.4, 0.5) is 19.0 Å². The van der Waals surface area contributed by atoms with E-state index in [0.29, 0.717) is 6.61 Å². The van der Waals surface area contributed by atoms with E-state index in [1.165, 1.54) is 0 Å². The fourth-order valence-corrected chi connectivity index (χ4v) is 2.86. The highest BCUT2D eigenvalue weighted by atomic mass is 35.5. The van der Waals surface area contributed by atoms with E-state index >= 15 is 0 Å². The van der Waals surface area contributed by atoms with E-state index in [1.807, 2.05) is 0 Å². The van der Waals surface area contributed by atoms with E-state index < -0.39 is 40.5 Å². The smallest absolute Gasteiger partial charge is 0.381 e. The summed E-state index contributed by atoms with van der Waals surface area (Å²) in [5, 5.41) is -0.0133. The average molecular weight is 422 g/mol. The van der Waals surface area contributed by atoms with Gasteiger partial charge in [0.15, 0.2) is 0 Å². The lowest BCUT2D eigenvalue weighted by Gasteiger charge is -2.19. The highest BCUT2D eigenvalue weighted by molar-refractivity contribution is 6.30. The summed E-state index contributed by atoms with van der Waals surface area (Å²) in [5.74, 6) is -2.47. The minimum absolute atomic E-state index is 0.0845. The Morgan fingerprint density at radius 3 is 2.39 bits per heavy atom. The molecule has 1 aromatic rings. The van der Waals surface area contributed by atoms with Crippen molar-refractivity contribution < 1.29 is 27.5 Å². The second-order valence-corrected chi connectivity index (χ2v) is 8.30. The molecule has 28 heavy (non-hydrogen) atoms. The third-order valence-corrected chi connectivity index (χ3v) is 4.71. The molecule has 1 aliphatic rings. The van der Waals surface area contributed by atoms with Gasteiger partial charge in [-0.15, -0.1) is 0 Å². The van der Waals surface area contributed by atoms with E-state index in [9.17, 15) is 22.8 Å². The van der Waals surface area contributed by atoms with Crippen molar-refractivity contribution in [2.45, 2.75) is 40.3 Å². The molecular formula is C18H23ClF3N3O3. The number of nitrogens with zero attached hydrogens (tertiary/aromatic N) is 2. The predicted octanol–water partition coefficient (Wildman–Crippen LogP) is 4.15. The molecule has 0 spiro atoms. The number of nitrogens with one attached hydrogen (secondary N) is 1. The fraction of sp³-hybridized carbons (Fsp3) is 0.611. The van der Waals surface area contributed by atoms with Crippen molar-refractivity contribution in [1.29, 1.82) is 0 Å². The van der Waals surface area contributed by atoms with Gasteiger partial charge >= 0.3 is 6.18 Å². The number of rotatable bonds is 6. The average Bonchev–Trinajstić information content (AvgIpc) is 2.74. The van der Waals surface area contributed by atoms with E-state index in [2.05, 4.69) is 31.2 Å². The van der Waals surface area contributed by atoms with Crippen molar-refractivity contribution in [3.63, 3.8) is 0 Å². The molecule has 2 unspecified atom stereocenters. The summed E-state index contributed by atoms with van der Waals surface area (Å²) in [5.41, 5.74) is 1.44. The molecule has 0 bridgehead atoms. The minimum Gasteiger partial charge on any atom is -0.381 e. The molecule has 0 aliphatic carbocycles. The normalized spacial score (nSPS) is 20.8. The quantitative estimate of drug-likeness (QED) is 0.424. The number of carbonyl (C=O) groups is 2. The molecule has 1 N–H and O–H groups in total. The number of amides is 2. The number of imide groups is 1. The maximum absolute atomic E-state index is 12.8. The largest absolute Gasteiger partial charge is 0.419 e. The van der Waals surface area contributed by atoms with Gasteiger partial charge in [0, 0.05) is 6.61 Å². The number of hydrogen-bond acceptors (Lipinski definition) is 5. The van der Waals surface area contributed by atoms with Crippen molar-refractivity contribution in [1.82, 2.24) is 9.99 Å². The molecule has 2 amide bonds. The van der Waals surface area contributed by atoms with Crippen LogP contribution in [0.15, 0.2) is 12.1 Å². The topological polar surface area (TPSA) is 71.5 Å². The Bertz CT molecular complexity index is 750. The van der Waals surface area contributed by atoms with Crippen LogP contribution in [0.1, 0.15) is 39.7 Å². The van der Waals surface area contributed by atoms with Gasteiger partial charge in [0.2, 0.25) is 0 Å². The van der Waals surface area contributed by atoms with Crippen LogP contribution in [0.2, 0.25) is 5.15 Å². The predicted molar refractivity (Wildman–Crippen MR) is 97.3 cm³/mol. The molecule has 1 aliphatic heterocycles. The number of carbonyl (C=O) groups excluding carboxylic acids is 2. The molecule has 2 heterocycles. The molecule has 0 aromatic carbocycles. The van der Waals surface area contributed by atoms with Crippen molar-refractivity contribution >= 4 is 29.2 Å². The number of pyridine rings is 1. The first kappa shape index (κ1) is 22.4. The van der Waals surface area contributed by atoms with Crippen LogP contribution in [0.25, 0.3) is 0 Å². The maximum atomic E-state index is 12.8. The summed E-state index contributed by atoms with van der Waals surface area (Å²) in [4.78, 5) is 28.5. The minimum atomic E-state index is -4.65. The highest BCUT2D eigenvalue weighted by Gasteiger charge is 2.46. The third kappa shape index (κ3) is 5.35. The van der Waals surface area contributed by atoms with Crippen LogP contribution in [-0.4, -0.2) is 35.0 Å². The molecule has 0 saturated carbocycles. The van der Waals surface area contributed by atoms with Crippen molar-refractivity contribution in [2.75, 3.05) is 18.6 Å². The van der Waals surface area contributed by atoms with Crippen LogP contribution in [0, 0.1) is 17.3 Å². The van der Waals surface area contributed by atoms with Crippen molar-refractivity contribution in [3.8, 4) is 0 Å². The Morgan fingerprint density at radius 1 is 1.21 bits per heavy atom. The van der Waals surface area contributed by atoms with Crippen molar-refractivity contribution in [3.05, 3.63) is 22.8 Å². The molecule has 0 radical (unpaired) electrons. The van der Waals surface area contributed by atoms with Gasteiger partial charge in [-0.3, -0.25) is 15.0 Å². The lowest BCUT2D eigenvalue weighted by atomic mass is 9.93. The van der Waals surface area contributed by atoms with E-state index in [4.69, 9.17) is 16.3 Å². The Hall–Kier alpha value is -1.87. The highest BCUT2D eigenvalue weighted by Crippen LogP contribution is 2.34. The van der Waals surface area contributed by atoms with Crippen LogP contribution in [0.3, 0.4) is 0 Å². The van der Waals surface area contributed by atoms with Gasteiger partial charge in [0.05, 0.1) is 24.0 Å². The first-order valence-electron chi connectivity index (χ1n) is 8.77. The summed E-state index contributed by atoms with van der Waals surface area (Å²) in [6, 6.07) is 1.74. The van der Waals surface area contributed by atoms with Crippen LogP contribution >= 0.6 is 11.6 Å². The summed E-state index contributed by atoms with van der Waals surface area (Å²) in [7, 11) is 0. The number of anilines is 1. The maximum Gasteiger partial charge on any atom is 0.419 e. The molecule has 2 atom stereocenters. The van der Waals surface area contributed by atoms with Gasteiger partial charge in [0.1, 0.15) is 11.0 Å². The monoisotopic (exact) mass is 421 g/mol. The summed E-state index contributed by atoms with van der Waals surface area (Å²) >= 11 is 5.57. The van der Waals surface area contributed by atoms with Crippen molar-refractivity contribution in [2.24, 2.45) is 17.3 Å². The van der Waals surface area contributed by atoms with Gasteiger partial charge in [-0.05, 0) is 24.0 Å². The number of aromatic nitrogens is 1. The van der Waals surface area contributed by atoms with Crippen LogP contribution in [0.5, 0.6) is 0 Å². The Morgan fingerprint density at radius 2 is 1.86 bits per heavy atom. The second kappa shape index (κ2) is 8.24. The van der Waals surface area contributed by atoms with E-state index in [1.54, 1.807) is 6.92 Å². The first-order chi connectivity index (χ1) is 12.8. The number of hydrazine groups is 1. The zero-order valence-electron chi connectivity index (χ0n) is 16.1. The molecular weight excluding hydrogens is 399 g/mol. The summed E-state index contributed by atoms with van der Waals surface area (Å²) < 4.78 is 43.8. The van der Waals surface area contributed by atoms with E-state index in [-0.39, 0.29) is 17.8 Å². The van der Waals surface area contributed by atoms with Gasteiger partial charge < -0.3 is 4.74 Å². The zero-order valence-corrected chi connectivity index (χ0v) is 16.8. The first-order valence-corrected chi connectivity index (χ1v) is 9.15. The lowest BCUT2D eigenvalue weighted by molar-refractivity contribution is -0.139. The second-order valence-electron chi connectivity index (χ2n) is 7.94. The van der Waals surface area contributed by atoms with Gasteiger partial charge in [-0.2, -0.15) is 18.2 Å². The zero-order chi connectivity index (χ0) is 21.3. The molecule has 156 valence electrons. The third-order valence-electron chi connectivity index (χ3n) is 4.43. The SMILES string of the molecule is CC1C(=O)N(Nc2ccc(C(F)(F)F)c(Cl)n2)C(=O)C1COCCC(C)(C)C. The Kier molecular flexibility index (Phi) is 6.60. The molecule has 1 fully saturated rings. The molecule has 10 heteroatoms.